The molecule has 1 amide bonds. The summed E-state index contributed by atoms with van der Waals surface area (Å²) in [4.78, 5) is 11.7. The Labute approximate surface area is 115 Å². The molecule has 0 spiro atoms. The molecule has 1 aromatic rings. The molecule has 0 radical (unpaired) electrons. The molecule has 4 nitrogen and oxygen atoms in total. The van der Waals surface area contributed by atoms with Crippen LogP contribution in [0.15, 0.2) is 18.2 Å². The van der Waals surface area contributed by atoms with E-state index in [4.69, 9.17) is 9.47 Å². The Morgan fingerprint density at radius 2 is 1.95 bits per heavy atom. The summed E-state index contributed by atoms with van der Waals surface area (Å²) in [5.74, 6) is 1.14. The first-order valence-corrected chi connectivity index (χ1v) is 6.67. The highest BCUT2D eigenvalue weighted by molar-refractivity contribution is 5.77. The number of hydrogen-bond acceptors (Lipinski definition) is 3. The van der Waals surface area contributed by atoms with Crippen molar-refractivity contribution in [2.24, 2.45) is 0 Å². The van der Waals surface area contributed by atoms with Crippen LogP contribution in [0, 0.1) is 6.92 Å². The van der Waals surface area contributed by atoms with Crippen LogP contribution >= 0.6 is 0 Å². The Balaban J connectivity index is 2.54. The van der Waals surface area contributed by atoms with Gasteiger partial charge in [0.25, 0.3) is 5.91 Å². The van der Waals surface area contributed by atoms with Gasteiger partial charge in [-0.05, 0) is 37.5 Å². The summed E-state index contributed by atoms with van der Waals surface area (Å²) in [5.41, 5.74) is 1.09. The highest BCUT2D eigenvalue weighted by Crippen LogP contribution is 2.27. The second-order valence-corrected chi connectivity index (χ2v) is 4.52. The standard InChI is InChI=1S/C15H23NO3/c1-5-12(6-2)16-15(17)10-19-13-8-7-11(3)9-14(13)18-4/h7-9,12H,5-6,10H2,1-4H3,(H,16,17). The van der Waals surface area contributed by atoms with E-state index in [-0.39, 0.29) is 18.6 Å². The van der Waals surface area contributed by atoms with E-state index in [0.717, 1.165) is 18.4 Å². The Kier molecular flexibility index (Phi) is 6.19. The van der Waals surface area contributed by atoms with Crippen LogP contribution in [0.5, 0.6) is 11.5 Å². The molecule has 0 aromatic heterocycles. The van der Waals surface area contributed by atoms with Crippen molar-refractivity contribution in [2.45, 2.75) is 39.7 Å². The highest BCUT2D eigenvalue weighted by atomic mass is 16.5. The minimum absolute atomic E-state index is 0.00984. The largest absolute Gasteiger partial charge is 0.493 e. The fraction of sp³-hybridized carbons (Fsp3) is 0.533. The van der Waals surface area contributed by atoms with Gasteiger partial charge in [0.15, 0.2) is 18.1 Å². The van der Waals surface area contributed by atoms with E-state index < -0.39 is 0 Å². The topological polar surface area (TPSA) is 47.6 Å². The number of hydrogen-bond donors (Lipinski definition) is 1. The van der Waals surface area contributed by atoms with Crippen LogP contribution in [-0.4, -0.2) is 25.7 Å². The van der Waals surface area contributed by atoms with Gasteiger partial charge in [-0.15, -0.1) is 0 Å². The molecule has 0 heterocycles. The molecule has 0 aliphatic rings. The maximum atomic E-state index is 11.7. The smallest absolute Gasteiger partial charge is 0.258 e. The summed E-state index contributed by atoms with van der Waals surface area (Å²) in [6.45, 7) is 6.10. The summed E-state index contributed by atoms with van der Waals surface area (Å²) in [5, 5.41) is 2.93. The van der Waals surface area contributed by atoms with E-state index in [1.54, 1.807) is 7.11 Å². The Bertz CT molecular complexity index is 414. The lowest BCUT2D eigenvalue weighted by Crippen LogP contribution is -2.37. The van der Waals surface area contributed by atoms with Crippen molar-refractivity contribution in [3.8, 4) is 11.5 Å². The van der Waals surface area contributed by atoms with Crippen LogP contribution in [0.25, 0.3) is 0 Å². The molecule has 1 rings (SSSR count). The van der Waals surface area contributed by atoms with E-state index in [1.165, 1.54) is 0 Å². The van der Waals surface area contributed by atoms with Crippen molar-refractivity contribution in [3.05, 3.63) is 23.8 Å². The molecule has 0 aliphatic heterocycles. The van der Waals surface area contributed by atoms with Crippen molar-refractivity contribution >= 4 is 5.91 Å². The van der Waals surface area contributed by atoms with Crippen LogP contribution in [0.1, 0.15) is 32.3 Å². The maximum absolute atomic E-state index is 11.7. The highest BCUT2D eigenvalue weighted by Gasteiger charge is 2.10. The Morgan fingerprint density at radius 1 is 1.26 bits per heavy atom. The summed E-state index contributed by atoms with van der Waals surface area (Å²) < 4.78 is 10.7. The average Bonchev–Trinajstić information content (AvgIpc) is 2.43. The quantitative estimate of drug-likeness (QED) is 0.824. The van der Waals surface area contributed by atoms with Gasteiger partial charge < -0.3 is 14.8 Å². The first kappa shape index (κ1) is 15.3. The molecule has 1 aromatic carbocycles. The predicted octanol–water partition coefficient (Wildman–Crippen LogP) is 2.69. The third kappa shape index (κ3) is 4.81. The first-order chi connectivity index (χ1) is 9.10. The van der Waals surface area contributed by atoms with E-state index >= 15 is 0 Å². The summed E-state index contributed by atoms with van der Waals surface area (Å²) >= 11 is 0. The average molecular weight is 265 g/mol. The molecule has 0 atom stereocenters. The zero-order chi connectivity index (χ0) is 14.3. The Morgan fingerprint density at radius 3 is 2.53 bits per heavy atom. The molecule has 4 heteroatoms. The number of rotatable bonds is 7. The van der Waals surface area contributed by atoms with Crippen molar-refractivity contribution in [2.75, 3.05) is 13.7 Å². The monoisotopic (exact) mass is 265 g/mol. The second-order valence-electron chi connectivity index (χ2n) is 4.52. The number of aryl methyl sites for hydroxylation is 1. The number of benzene rings is 1. The van der Waals surface area contributed by atoms with Gasteiger partial charge >= 0.3 is 0 Å². The molecule has 0 saturated carbocycles. The van der Waals surface area contributed by atoms with Crippen LogP contribution in [0.4, 0.5) is 0 Å². The lowest BCUT2D eigenvalue weighted by Gasteiger charge is -2.15. The second kappa shape index (κ2) is 7.67. The van der Waals surface area contributed by atoms with E-state index in [9.17, 15) is 4.79 Å². The van der Waals surface area contributed by atoms with Gasteiger partial charge in [0.2, 0.25) is 0 Å². The third-order valence-electron chi connectivity index (χ3n) is 3.03. The van der Waals surface area contributed by atoms with Crippen molar-refractivity contribution < 1.29 is 14.3 Å². The molecule has 19 heavy (non-hydrogen) atoms. The maximum Gasteiger partial charge on any atom is 0.258 e. The van der Waals surface area contributed by atoms with Gasteiger partial charge in [-0.2, -0.15) is 0 Å². The van der Waals surface area contributed by atoms with Crippen LogP contribution in [-0.2, 0) is 4.79 Å². The molecular formula is C15H23NO3. The SMILES string of the molecule is CCC(CC)NC(=O)COc1ccc(C)cc1OC. The van der Waals surface area contributed by atoms with E-state index in [1.807, 2.05) is 25.1 Å². The predicted molar refractivity (Wildman–Crippen MR) is 75.7 cm³/mol. The lowest BCUT2D eigenvalue weighted by molar-refractivity contribution is -0.123. The molecular weight excluding hydrogens is 242 g/mol. The van der Waals surface area contributed by atoms with Crippen LogP contribution in [0.3, 0.4) is 0 Å². The zero-order valence-corrected chi connectivity index (χ0v) is 12.2. The summed E-state index contributed by atoms with van der Waals surface area (Å²) in [6.07, 6.45) is 1.85. The number of amides is 1. The number of nitrogens with one attached hydrogen (secondary N) is 1. The number of carbonyl (C=O) groups is 1. The minimum Gasteiger partial charge on any atom is -0.493 e. The zero-order valence-electron chi connectivity index (χ0n) is 12.2. The molecule has 0 bridgehead atoms. The number of methoxy groups -OCH3 is 1. The molecule has 0 saturated heterocycles. The minimum atomic E-state index is -0.101. The number of carbonyl (C=O) groups excluding carboxylic acids is 1. The molecule has 0 aliphatic carbocycles. The molecule has 0 unspecified atom stereocenters. The molecule has 1 N–H and O–H groups in total. The van der Waals surface area contributed by atoms with Crippen molar-refractivity contribution in [1.29, 1.82) is 0 Å². The fourth-order valence-electron chi connectivity index (χ4n) is 1.80. The van der Waals surface area contributed by atoms with Gasteiger partial charge in [-0.1, -0.05) is 19.9 Å². The van der Waals surface area contributed by atoms with Gasteiger partial charge in [-0.25, -0.2) is 0 Å². The van der Waals surface area contributed by atoms with E-state index in [0.29, 0.717) is 11.5 Å². The first-order valence-electron chi connectivity index (χ1n) is 6.67. The van der Waals surface area contributed by atoms with Crippen molar-refractivity contribution in [1.82, 2.24) is 5.32 Å². The summed E-state index contributed by atoms with van der Waals surface area (Å²) in [6, 6.07) is 5.85. The van der Waals surface area contributed by atoms with E-state index in [2.05, 4.69) is 19.2 Å². The van der Waals surface area contributed by atoms with Crippen molar-refractivity contribution in [3.63, 3.8) is 0 Å². The Hall–Kier alpha value is -1.71. The number of ether oxygens (including phenoxy) is 2. The van der Waals surface area contributed by atoms with Gasteiger partial charge in [0.1, 0.15) is 0 Å². The van der Waals surface area contributed by atoms with Gasteiger partial charge in [0.05, 0.1) is 7.11 Å². The molecule has 0 fully saturated rings. The molecule has 106 valence electrons. The van der Waals surface area contributed by atoms with Crippen LogP contribution < -0.4 is 14.8 Å². The summed E-state index contributed by atoms with van der Waals surface area (Å²) in [7, 11) is 1.59. The fourth-order valence-corrected chi connectivity index (χ4v) is 1.80. The van der Waals surface area contributed by atoms with Gasteiger partial charge in [-0.3, -0.25) is 4.79 Å². The van der Waals surface area contributed by atoms with Crippen LogP contribution in [0.2, 0.25) is 0 Å². The lowest BCUT2D eigenvalue weighted by atomic mass is 10.2. The third-order valence-corrected chi connectivity index (χ3v) is 3.03. The van der Waals surface area contributed by atoms with Gasteiger partial charge in [0, 0.05) is 6.04 Å². The normalized spacial score (nSPS) is 10.4.